The lowest BCUT2D eigenvalue weighted by Crippen LogP contribution is -2.57. The highest BCUT2D eigenvalue weighted by Gasteiger charge is 2.28. The summed E-state index contributed by atoms with van der Waals surface area (Å²) in [4.78, 5) is 4.79. The van der Waals surface area contributed by atoms with Gasteiger partial charge in [-0.25, -0.2) is 0 Å². The Labute approximate surface area is 97.0 Å². The summed E-state index contributed by atoms with van der Waals surface area (Å²) in [6.45, 7) is 5.92. The molecule has 2 unspecified atom stereocenters. The minimum atomic E-state index is 0.436. The van der Waals surface area contributed by atoms with Gasteiger partial charge in [0.05, 0.1) is 12.8 Å². The second kappa shape index (κ2) is 4.99. The van der Waals surface area contributed by atoms with Crippen LogP contribution in [-0.2, 0) is 6.54 Å². The van der Waals surface area contributed by atoms with Crippen LogP contribution >= 0.6 is 0 Å². The SMILES string of the molecule is CC1CN(Cc2ccco2)C(CN)CN1C. The molecule has 1 aromatic rings. The third kappa shape index (κ3) is 2.45. The largest absolute Gasteiger partial charge is 0.468 e. The zero-order chi connectivity index (χ0) is 11.5. The molecular weight excluding hydrogens is 202 g/mol. The van der Waals surface area contributed by atoms with Crippen molar-refractivity contribution >= 4 is 0 Å². The van der Waals surface area contributed by atoms with Crippen LogP contribution in [0.2, 0.25) is 0 Å². The summed E-state index contributed by atoms with van der Waals surface area (Å²) in [5, 5.41) is 0. The molecule has 0 bridgehead atoms. The molecule has 2 rings (SSSR count). The summed E-state index contributed by atoms with van der Waals surface area (Å²) >= 11 is 0. The highest BCUT2D eigenvalue weighted by molar-refractivity contribution is 4.99. The molecule has 1 aliphatic heterocycles. The van der Waals surface area contributed by atoms with E-state index in [1.165, 1.54) is 0 Å². The van der Waals surface area contributed by atoms with E-state index >= 15 is 0 Å². The number of nitrogens with zero attached hydrogens (tertiary/aromatic N) is 2. The van der Waals surface area contributed by atoms with Crippen LogP contribution in [0.4, 0.5) is 0 Å². The molecule has 0 saturated carbocycles. The van der Waals surface area contributed by atoms with Gasteiger partial charge in [0.25, 0.3) is 0 Å². The minimum absolute atomic E-state index is 0.436. The predicted octanol–water partition coefficient (Wildman–Crippen LogP) is 0.743. The van der Waals surface area contributed by atoms with Crippen LogP contribution in [-0.4, -0.2) is 48.6 Å². The molecule has 4 nitrogen and oxygen atoms in total. The number of nitrogens with two attached hydrogens (primary N) is 1. The van der Waals surface area contributed by atoms with E-state index in [9.17, 15) is 0 Å². The molecule has 1 aromatic heterocycles. The summed E-state index contributed by atoms with van der Waals surface area (Å²) in [7, 11) is 2.16. The molecule has 1 fully saturated rings. The van der Waals surface area contributed by atoms with E-state index in [-0.39, 0.29) is 0 Å². The molecule has 1 saturated heterocycles. The van der Waals surface area contributed by atoms with E-state index in [4.69, 9.17) is 10.2 Å². The fourth-order valence-electron chi connectivity index (χ4n) is 2.28. The maximum atomic E-state index is 5.83. The number of furan rings is 1. The second-order valence-corrected chi connectivity index (χ2v) is 4.69. The van der Waals surface area contributed by atoms with Crippen molar-refractivity contribution in [3.63, 3.8) is 0 Å². The summed E-state index contributed by atoms with van der Waals surface area (Å²) in [5.74, 6) is 1.02. The van der Waals surface area contributed by atoms with Crippen molar-refractivity contribution in [2.24, 2.45) is 5.73 Å². The summed E-state index contributed by atoms with van der Waals surface area (Å²) in [6.07, 6.45) is 1.73. The summed E-state index contributed by atoms with van der Waals surface area (Å²) < 4.78 is 5.40. The van der Waals surface area contributed by atoms with E-state index in [0.717, 1.165) is 25.4 Å². The first-order valence-electron chi connectivity index (χ1n) is 5.87. The lowest BCUT2D eigenvalue weighted by molar-refractivity contribution is 0.0454. The van der Waals surface area contributed by atoms with Gasteiger partial charge in [0.2, 0.25) is 0 Å². The molecule has 4 heteroatoms. The first-order chi connectivity index (χ1) is 7.70. The van der Waals surface area contributed by atoms with Crippen molar-refractivity contribution in [3.05, 3.63) is 24.2 Å². The number of hydrogen-bond donors (Lipinski definition) is 1. The maximum Gasteiger partial charge on any atom is 0.117 e. The molecule has 0 radical (unpaired) electrons. The van der Waals surface area contributed by atoms with Gasteiger partial charge in [0, 0.05) is 31.7 Å². The van der Waals surface area contributed by atoms with Gasteiger partial charge >= 0.3 is 0 Å². The maximum absolute atomic E-state index is 5.83. The molecule has 0 spiro atoms. The van der Waals surface area contributed by atoms with E-state index in [2.05, 4.69) is 23.8 Å². The fourth-order valence-corrected chi connectivity index (χ4v) is 2.28. The van der Waals surface area contributed by atoms with Gasteiger partial charge in [-0.1, -0.05) is 0 Å². The Balaban J connectivity index is 2.01. The van der Waals surface area contributed by atoms with Crippen LogP contribution in [0.3, 0.4) is 0 Å². The lowest BCUT2D eigenvalue weighted by atomic mass is 10.1. The predicted molar refractivity (Wildman–Crippen MR) is 64.1 cm³/mol. The average Bonchev–Trinajstić information content (AvgIpc) is 2.76. The Kier molecular flexibility index (Phi) is 3.63. The number of hydrogen-bond acceptors (Lipinski definition) is 4. The minimum Gasteiger partial charge on any atom is -0.468 e. The molecule has 2 heterocycles. The molecule has 16 heavy (non-hydrogen) atoms. The van der Waals surface area contributed by atoms with Crippen LogP contribution in [0.1, 0.15) is 12.7 Å². The molecule has 2 atom stereocenters. The zero-order valence-corrected chi connectivity index (χ0v) is 10.1. The molecular formula is C12H21N3O. The van der Waals surface area contributed by atoms with Crippen molar-refractivity contribution in [1.29, 1.82) is 0 Å². The Morgan fingerprint density at radius 1 is 1.50 bits per heavy atom. The third-order valence-electron chi connectivity index (χ3n) is 3.48. The average molecular weight is 223 g/mol. The highest BCUT2D eigenvalue weighted by Crippen LogP contribution is 2.16. The van der Waals surface area contributed by atoms with E-state index in [1.807, 2.05) is 12.1 Å². The van der Waals surface area contributed by atoms with Crippen LogP contribution in [0.15, 0.2) is 22.8 Å². The van der Waals surface area contributed by atoms with Gasteiger partial charge in [-0.05, 0) is 26.1 Å². The monoisotopic (exact) mass is 223 g/mol. The van der Waals surface area contributed by atoms with Crippen molar-refractivity contribution < 1.29 is 4.42 Å². The lowest BCUT2D eigenvalue weighted by Gasteiger charge is -2.43. The molecule has 0 aliphatic carbocycles. The first-order valence-corrected chi connectivity index (χ1v) is 5.87. The number of piperazine rings is 1. The molecule has 1 aliphatic rings. The first kappa shape index (κ1) is 11.6. The molecule has 90 valence electrons. The fraction of sp³-hybridized carbons (Fsp3) is 0.667. The normalized spacial score (nSPS) is 28.4. The van der Waals surface area contributed by atoms with Crippen LogP contribution < -0.4 is 5.73 Å². The van der Waals surface area contributed by atoms with E-state index in [1.54, 1.807) is 6.26 Å². The van der Waals surface area contributed by atoms with Gasteiger partial charge in [0.1, 0.15) is 5.76 Å². The van der Waals surface area contributed by atoms with Crippen LogP contribution in [0.25, 0.3) is 0 Å². The van der Waals surface area contributed by atoms with Crippen LogP contribution in [0.5, 0.6) is 0 Å². The van der Waals surface area contributed by atoms with Crippen LogP contribution in [0, 0.1) is 0 Å². The Bertz CT molecular complexity index is 312. The van der Waals surface area contributed by atoms with Gasteiger partial charge in [-0.15, -0.1) is 0 Å². The zero-order valence-electron chi connectivity index (χ0n) is 10.1. The van der Waals surface area contributed by atoms with Gasteiger partial charge in [-0.3, -0.25) is 4.90 Å². The Morgan fingerprint density at radius 3 is 2.94 bits per heavy atom. The smallest absolute Gasteiger partial charge is 0.117 e. The van der Waals surface area contributed by atoms with E-state index < -0.39 is 0 Å². The van der Waals surface area contributed by atoms with Gasteiger partial charge in [0.15, 0.2) is 0 Å². The van der Waals surface area contributed by atoms with Crippen molar-refractivity contribution in [2.75, 3.05) is 26.7 Å². The quantitative estimate of drug-likeness (QED) is 0.821. The Hall–Kier alpha value is -0.840. The van der Waals surface area contributed by atoms with Crippen molar-refractivity contribution in [1.82, 2.24) is 9.80 Å². The number of rotatable bonds is 3. The van der Waals surface area contributed by atoms with E-state index in [0.29, 0.717) is 18.6 Å². The summed E-state index contributed by atoms with van der Waals surface area (Å²) in [5.41, 5.74) is 5.83. The molecule has 0 aromatic carbocycles. The molecule has 2 N–H and O–H groups in total. The van der Waals surface area contributed by atoms with Crippen molar-refractivity contribution in [2.45, 2.75) is 25.6 Å². The summed E-state index contributed by atoms with van der Waals surface area (Å²) in [6, 6.07) is 4.98. The highest BCUT2D eigenvalue weighted by atomic mass is 16.3. The molecule has 0 amide bonds. The van der Waals surface area contributed by atoms with Gasteiger partial charge in [-0.2, -0.15) is 0 Å². The van der Waals surface area contributed by atoms with Gasteiger partial charge < -0.3 is 15.1 Å². The second-order valence-electron chi connectivity index (χ2n) is 4.69. The van der Waals surface area contributed by atoms with Crippen molar-refractivity contribution in [3.8, 4) is 0 Å². The Morgan fingerprint density at radius 2 is 2.31 bits per heavy atom. The number of likely N-dealkylation sites (N-methyl/N-ethyl adjacent to an activating group) is 1. The third-order valence-corrected chi connectivity index (χ3v) is 3.48. The standard InChI is InChI=1S/C12H21N3O/c1-10-7-15(9-12-4-3-5-16-12)11(6-13)8-14(10)2/h3-5,10-11H,6-9,13H2,1-2H3. The topological polar surface area (TPSA) is 45.6 Å².